The molecule has 0 saturated carbocycles. The number of rotatable bonds is 5. The number of nitrogens with one attached hydrogen (secondary N) is 2. The number of hydrogen-bond donors (Lipinski definition) is 3. The summed E-state index contributed by atoms with van der Waals surface area (Å²) < 4.78 is 1.49. The maximum atomic E-state index is 13.2. The van der Waals surface area contributed by atoms with E-state index in [0.29, 0.717) is 30.3 Å². The molecule has 1 saturated heterocycles. The second-order valence-electron chi connectivity index (χ2n) is 9.18. The first kappa shape index (κ1) is 24.6. The van der Waals surface area contributed by atoms with Gasteiger partial charge in [-0.05, 0) is 44.4 Å². The van der Waals surface area contributed by atoms with Crippen molar-refractivity contribution in [1.82, 2.24) is 14.5 Å². The van der Waals surface area contributed by atoms with Crippen LogP contribution in [0.4, 0.5) is 17.2 Å². The highest BCUT2D eigenvalue weighted by atomic mass is 16.2. The minimum Gasteiger partial charge on any atom is -0.327 e. The average molecular weight is 480 g/mol. The Morgan fingerprint density at radius 3 is 2.80 bits per heavy atom. The van der Waals surface area contributed by atoms with E-state index in [2.05, 4.69) is 31.9 Å². The highest BCUT2D eigenvalue weighted by Crippen LogP contribution is 2.43. The Morgan fingerprint density at radius 2 is 2.11 bits per heavy atom. The van der Waals surface area contributed by atoms with E-state index >= 15 is 0 Å². The SMILES string of the molecule is CC#CCN1c2c(n(C)c(=O)[nH]c2=O)N(C(C)c2cccc(NC(C)=O)c2)C1N1CCC[C@@H](N)C1. The number of fused-ring (bicyclic) bond motifs is 1. The van der Waals surface area contributed by atoms with Crippen molar-refractivity contribution in [2.75, 3.05) is 34.8 Å². The summed E-state index contributed by atoms with van der Waals surface area (Å²) in [5.74, 6) is 6.42. The summed E-state index contributed by atoms with van der Waals surface area (Å²) in [6.07, 6.45) is 1.53. The van der Waals surface area contributed by atoms with Gasteiger partial charge < -0.3 is 20.9 Å². The Balaban J connectivity index is 1.89. The third-order valence-electron chi connectivity index (χ3n) is 6.68. The number of hydrogen-bond acceptors (Lipinski definition) is 7. The number of carbonyl (C=O) groups is 1. The van der Waals surface area contributed by atoms with Gasteiger partial charge in [0.15, 0.2) is 6.29 Å². The van der Waals surface area contributed by atoms with Crippen LogP contribution in [0.25, 0.3) is 0 Å². The first-order chi connectivity index (χ1) is 16.7. The molecule has 3 heterocycles. The molecule has 4 rings (SSSR count). The van der Waals surface area contributed by atoms with E-state index < -0.39 is 11.2 Å². The number of amides is 1. The smallest absolute Gasteiger partial charge is 0.327 e. The Morgan fingerprint density at radius 1 is 1.34 bits per heavy atom. The largest absolute Gasteiger partial charge is 0.329 e. The molecule has 2 aromatic rings. The molecule has 0 aliphatic carbocycles. The maximum Gasteiger partial charge on any atom is 0.329 e. The summed E-state index contributed by atoms with van der Waals surface area (Å²) >= 11 is 0. The fraction of sp³-hybridized carbons (Fsp3) is 0.480. The van der Waals surface area contributed by atoms with E-state index in [1.807, 2.05) is 36.1 Å². The van der Waals surface area contributed by atoms with Crippen molar-refractivity contribution < 1.29 is 4.79 Å². The number of nitrogens with two attached hydrogens (primary N) is 1. The summed E-state index contributed by atoms with van der Waals surface area (Å²) in [5, 5.41) is 2.83. The molecule has 1 aromatic heterocycles. The van der Waals surface area contributed by atoms with Gasteiger partial charge in [-0.2, -0.15) is 0 Å². The monoisotopic (exact) mass is 479 g/mol. The van der Waals surface area contributed by atoms with Crippen molar-refractivity contribution in [3.63, 3.8) is 0 Å². The number of aromatic amines is 1. The molecule has 2 aliphatic rings. The van der Waals surface area contributed by atoms with Gasteiger partial charge in [0, 0.05) is 38.8 Å². The summed E-state index contributed by atoms with van der Waals surface area (Å²) in [6, 6.07) is 7.41. The van der Waals surface area contributed by atoms with Crippen molar-refractivity contribution in [3.05, 3.63) is 50.7 Å². The van der Waals surface area contributed by atoms with Gasteiger partial charge >= 0.3 is 5.69 Å². The molecule has 1 amide bonds. The lowest BCUT2D eigenvalue weighted by Gasteiger charge is -2.45. The number of carbonyl (C=O) groups excluding carboxylic acids is 1. The number of H-pyrrole nitrogens is 1. The fourth-order valence-corrected chi connectivity index (χ4v) is 5.10. The van der Waals surface area contributed by atoms with Crippen LogP contribution in [0.1, 0.15) is 45.2 Å². The van der Waals surface area contributed by atoms with E-state index in [-0.39, 0.29) is 24.3 Å². The predicted molar refractivity (Wildman–Crippen MR) is 137 cm³/mol. The number of benzene rings is 1. The summed E-state index contributed by atoms with van der Waals surface area (Å²) in [4.78, 5) is 46.3. The third kappa shape index (κ3) is 4.70. The molecule has 35 heavy (non-hydrogen) atoms. The van der Waals surface area contributed by atoms with E-state index in [1.165, 1.54) is 11.5 Å². The standard InChI is InChI=1S/C25H33N7O3/c1-5-6-13-31-21-22(34)28-24(35)29(4)23(21)32(25(31)30-12-8-10-19(26)15-30)16(2)18-9-7-11-20(14-18)27-17(3)33/h7,9,11,14,16,19,25H,8,10,12-13,15,26H2,1-4H3,(H,27,33)(H,28,34,35)/t16?,19-,25?/m1/s1. The average Bonchev–Trinajstić information content (AvgIpc) is 3.16. The highest BCUT2D eigenvalue weighted by Gasteiger charge is 2.46. The van der Waals surface area contributed by atoms with E-state index in [4.69, 9.17) is 5.73 Å². The van der Waals surface area contributed by atoms with Gasteiger partial charge in [0.25, 0.3) is 5.56 Å². The fourth-order valence-electron chi connectivity index (χ4n) is 5.10. The van der Waals surface area contributed by atoms with Gasteiger partial charge in [-0.1, -0.05) is 18.1 Å². The Hall–Kier alpha value is -3.55. The van der Waals surface area contributed by atoms with Crippen molar-refractivity contribution in [1.29, 1.82) is 0 Å². The van der Waals surface area contributed by atoms with Gasteiger partial charge in [0.2, 0.25) is 5.91 Å². The van der Waals surface area contributed by atoms with Gasteiger partial charge in [0.1, 0.15) is 11.5 Å². The van der Waals surface area contributed by atoms with Crippen LogP contribution >= 0.6 is 0 Å². The van der Waals surface area contributed by atoms with Crippen LogP contribution in [0.3, 0.4) is 0 Å². The Kier molecular flexibility index (Phi) is 7.00. The van der Waals surface area contributed by atoms with Gasteiger partial charge in [0.05, 0.1) is 12.6 Å². The van der Waals surface area contributed by atoms with Crippen LogP contribution in [-0.2, 0) is 11.8 Å². The molecule has 1 fully saturated rings. The number of likely N-dealkylation sites (tertiary alicyclic amines) is 1. The minimum absolute atomic E-state index is 0.0222. The van der Waals surface area contributed by atoms with E-state index in [0.717, 1.165) is 24.9 Å². The van der Waals surface area contributed by atoms with Crippen molar-refractivity contribution in [3.8, 4) is 11.8 Å². The van der Waals surface area contributed by atoms with Crippen LogP contribution in [0, 0.1) is 11.8 Å². The zero-order chi connectivity index (χ0) is 25.3. The molecule has 0 radical (unpaired) electrons. The molecule has 3 atom stereocenters. The molecule has 0 bridgehead atoms. The van der Waals surface area contributed by atoms with Crippen LogP contribution < -0.4 is 32.1 Å². The summed E-state index contributed by atoms with van der Waals surface area (Å²) in [6.45, 7) is 7.07. The van der Waals surface area contributed by atoms with Crippen molar-refractivity contribution >= 4 is 23.1 Å². The lowest BCUT2D eigenvalue weighted by Crippen LogP contribution is -2.60. The predicted octanol–water partition coefficient (Wildman–Crippen LogP) is 1.15. The molecule has 1 aromatic carbocycles. The molecule has 0 spiro atoms. The van der Waals surface area contributed by atoms with Crippen LogP contribution in [0.2, 0.25) is 0 Å². The normalized spacial score (nSPS) is 20.7. The summed E-state index contributed by atoms with van der Waals surface area (Å²) in [5.41, 5.74) is 7.49. The third-order valence-corrected chi connectivity index (χ3v) is 6.68. The van der Waals surface area contributed by atoms with Gasteiger partial charge in [-0.15, -0.1) is 5.92 Å². The molecule has 2 unspecified atom stereocenters. The second kappa shape index (κ2) is 9.98. The molecule has 10 heteroatoms. The van der Waals surface area contributed by atoms with E-state index in [1.54, 1.807) is 14.0 Å². The quantitative estimate of drug-likeness (QED) is 0.551. The Labute approximate surface area is 204 Å². The number of piperidine rings is 1. The van der Waals surface area contributed by atoms with Crippen molar-refractivity contribution in [2.45, 2.75) is 52.0 Å². The zero-order valence-corrected chi connectivity index (χ0v) is 20.7. The van der Waals surface area contributed by atoms with Crippen LogP contribution in [-0.4, -0.2) is 52.3 Å². The number of anilines is 3. The van der Waals surface area contributed by atoms with Gasteiger partial charge in [-0.3, -0.25) is 24.0 Å². The number of aromatic nitrogens is 2. The van der Waals surface area contributed by atoms with Gasteiger partial charge in [-0.25, -0.2) is 4.79 Å². The van der Waals surface area contributed by atoms with Crippen molar-refractivity contribution in [2.24, 2.45) is 12.8 Å². The zero-order valence-electron chi connectivity index (χ0n) is 20.7. The topological polar surface area (TPSA) is 120 Å². The Bertz CT molecular complexity index is 1290. The molecule has 186 valence electrons. The first-order valence-corrected chi connectivity index (χ1v) is 11.9. The van der Waals surface area contributed by atoms with Crippen LogP contribution in [0.5, 0.6) is 0 Å². The molecule has 10 nitrogen and oxygen atoms in total. The maximum absolute atomic E-state index is 13.2. The first-order valence-electron chi connectivity index (χ1n) is 11.9. The second-order valence-corrected chi connectivity index (χ2v) is 9.18. The lowest BCUT2D eigenvalue weighted by molar-refractivity contribution is -0.114. The highest BCUT2D eigenvalue weighted by molar-refractivity contribution is 5.88. The summed E-state index contributed by atoms with van der Waals surface area (Å²) in [7, 11) is 1.67. The molecular weight excluding hydrogens is 446 g/mol. The van der Waals surface area contributed by atoms with Crippen LogP contribution in [0.15, 0.2) is 33.9 Å². The minimum atomic E-state index is -0.476. The van der Waals surface area contributed by atoms with E-state index in [9.17, 15) is 14.4 Å². The lowest BCUT2D eigenvalue weighted by atomic mass is 10.0. The molecular formula is C25H33N7O3. The molecule has 4 N–H and O–H groups in total. The molecule has 2 aliphatic heterocycles. The number of nitrogens with zero attached hydrogens (tertiary/aromatic N) is 4.